The fourth-order valence-electron chi connectivity index (χ4n) is 1.72. The first-order valence-corrected chi connectivity index (χ1v) is 7.22. The smallest absolute Gasteiger partial charge is 0.144 e. The predicted octanol–water partition coefficient (Wildman–Crippen LogP) is 3.40. The first-order chi connectivity index (χ1) is 8.91. The lowest BCUT2D eigenvalue weighted by Crippen LogP contribution is -2.31. The van der Waals surface area contributed by atoms with Gasteiger partial charge in [0.2, 0.25) is 0 Å². The third-order valence-electron chi connectivity index (χ3n) is 2.79. The molecule has 0 amide bonds. The lowest BCUT2D eigenvalue weighted by atomic mass is 10.2. The van der Waals surface area contributed by atoms with E-state index in [0.717, 1.165) is 19.6 Å². The molecule has 0 aliphatic rings. The molecule has 0 bridgehead atoms. The van der Waals surface area contributed by atoms with Gasteiger partial charge in [-0.25, -0.2) is 8.78 Å². The summed E-state index contributed by atoms with van der Waals surface area (Å²) in [6, 6.07) is 2.67. The molecule has 0 aliphatic heterocycles. The van der Waals surface area contributed by atoms with Gasteiger partial charge < -0.3 is 10.2 Å². The molecule has 1 aromatic rings. The van der Waals surface area contributed by atoms with Crippen LogP contribution in [0.15, 0.2) is 16.6 Å². The zero-order valence-electron chi connectivity index (χ0n) is 11.6. The molecule has 0 heterocycles. The van der Waals surface area contributed by atoms with Crippen LogP contribution in [0, 0.1) is 17.6 Å². The van der Waals surface area contributed by atoms with Crippen LogP contribution >= 0.6 is 15.9 Å². The molecule has 108 valence electrons. The minimum atomic E-state index is -0.512. The van der Waals surface area contributed by atoms with Crippen LogP contribution in [0.25, 0.3) is 0 Å². The molecule has 1 N–H and O–H groups in total. The van der Waals surface area contributed by atoms with Crippen molar-refractivity contribution in [3.63, 3.8) is 0 Å². The maximum Gasteiger partial charge on any atom is 0.144 e. The molecule has 0 radical (unpaired) electrons. The molecule has 0 saturated heterocycles. The average molecular weight is 335 g/mol. The molecule has 0 atom stereocenters. The van der Waals surface area contributed by atoms with Crippen LogP contribution in [0.3, 0.4) is 0 Å². The number of hydrogen-bond acceptors (Lipinski definition) is 2. The second kappa shape index (κ2) is 7.92. The first kappa shape index (κ1) is 16.5. The topological polar surface area (TPSA) is 15.3 Å². The van der Waals surface area contributed by atoms with E-state index in [1.807, 2.05) is 11.9 Å². The van der Waals surface area contributed by atoms with Crippen LogP contribution in [0.2, 0.25) is 0 Å². The first-order valence-electron chi connectivity index (χ1n) is 6.43. The van der Waals surface area contributed by atoms with Gasteiger partial charge >= 0.3 is 0 Å². The molecule has 1 aromatic carbocycles. The van der Waals surface area contributed by atoms with Crippen molar-refractivity contribution < 1.29 is 8.78 Å². The normalized spacial score (nSPS) is 11.6. The Morgan fingerprint density at radius 1 is 1.32 bits per heavy atom. The number of benzene rings is 1. The summed E-state index contributed by atoms with van der Waals surface area (Å²) >= 11 is 3.08. The Balaban J connectivity index is 2.48. The van der Waals surface area contributed by atoms with Crippen LogP contribution in [0.5, 0.6) is 0 Å². The third kappa shape index (κ3) is 5.55. The highest BCUT2D eigenvalue weighted by atomic mass is 79.9. The van der Waals surface area contributed by atoms with Crippen molar-refractivity contribution in [3.05, 3.63) is 33.8 Å². The summed E-state index contributed by atoms with van der Waals surface area (Å²) in [6.45, 7) is 7.06. The highest BCUT2D eigenvalue weighted by Crippen LogP contribution is 2.22. The van der Waals surface area contributed by atoms with Crippen molar-refractivity contribution in [2.75, 3.05) is 26.7 Å². The van der Waals surface area contributed by atoms with Gasteiger partial charge in [-0.2, -0.15) is 0 Å². The second-order valence-corrected chi connectivity index (χ2v) is 6.01. The molecular formula is C14H21BrF2N2. The van der Waals surface area contributed by atoms with Crippen molar-refractivity contribution in [2.45, 2.75) is 20.4 Å². The molecule has 19 heavy (non-hydrogen) atoms. The maximum absolute atomic E-state index is 13.8. The van der Waals surface area contributed by atoms with Gasteiger partial charge in [0.05, 0.1) is 4.47 Å². The lowest BCUT2D eigenvalue weighted by molar-refractivity contribution is 0.310. The number of halogens is 3. The van der Waals surface area contributed by atoms with Crippen molar-refractivity contribution in [3.8, 4) is 0 Å². The number of nitrogens with zero attached hydrogens (tertiary/aromatic N) is 1. The summed E-state index contributed by atoms with van der Waals surface area (Å²) in [5.41, 5.74) is 0.112. The second-order valence-electron chi connectivity index (χ2n) is 5.16. The zero-order chi connectivity index (χ0) is 14.4. The molecule has 0 spiro atoms. The molecule has 0 fully saturated rings. The summed E-state index contributed by atoms with van der Waals surface area (Å²) in [7, 11) is 1.86. The van der Waals surface area contributed by atoms with E-state index in [1.54, 1.807) is 0 Å². The van der Waals surface area contributed by atoms with Gasteiger partial charge in [0.15, 0.2) is 0 Å². The Morgan fingerprint density at radius 3 is 2.63 bits per heavy atom. The van der Waals surface area contributed by atoms with E-state index in [1.165, 1.54) is 12.1 Å². The van der Waals surface area contributed by atoms with Gasteiger partial charge in [0.1, 0.15) is 11.6 Å². The van der Waals surface area contributed by atoms with E-state index in [9.17, 15) is 8.78 Å². The molecule has 0 saturated carbocycles. The van der Waals surface area contributed by atoms with E-state index in [2.05, 4.69) is 35.1 Å². The standard InChI is InChI=1S/C14H21BrF2N2/c1-10(2)8-18-6-7-19(3)9-11-13(16)5-4-12(15)14(11)17/h4-5,10,18H,6-9H2,1-3H3. The SMILES string of the molecule is CC(C)CNCCN(C)Cc1c(F)ccc(Br)c1F. The molecule has 0 aromatic heterocycles. The average Bonchev–Trinajstić information content (AvgIpc) is 2.35. The van der Waals surface area contributed by atoms with E-state index in [0.29, 0.717) is 10.4 Å². The number of likely N-dealkylation sites (N-methyl/N-ethyl adjacent to an activating group) is 1. The molecule has 5 heteroatoms. The predicted molar refractivity (Wildman–Crippen MR) is 78.1 cm³/mol. The van der Waals surface area contributed by atoms with E-state index in [4.69, 9.17) is 0 Å². The van der Waals surface area contributed by atoms with Gasteiger partial charge in [-0.15, -0.1) is 0 Å². The maximum atomic E-state index is 13.8. The van der Waals surface area contributed by atoms with Crippen molar-refractivity contribution in [1.82, 2.24) is 10.2 Å². The van der Waals surface area contributed by atoms with E-state index in [-0.39, 0.29) is 12.1 Å². The van der Waals surface area contributed by atoms with Gasteiger partial charge in [0.25, 0.3) is 0 Å². The summed E-state index contributed by atoms with van der Waals surface area (Å²) in [5, 5.41) is 3.30. The fraction of sp³-hybridized carbons (Fsp3) is 0.571. The lowest BCUT2D eigenvalue weighted by Gasteiger charge is -2.18. The summed E-state index contributed by atoms with van der Waals surface area (Å²) < 4.78 is 27.7. The Hall–Kier alpha value is -0.520. The minimum absolute atomic E-state index is 0.112. The molecule has 2 nitrogen and oxygen atoms in total. The van der Waals surface area contributed by atoms with Crippen LogP contribution < -0.4 is 5.32 Å². The van der Waals surface area contributed by atoms with Gasteiger partial charge in [0, 0.05) is 25.2 Å². The monoisotopic (exact) mass is 334 g/mol. The van der Waals surface area contributed by atoms with Crippen LogP contribution in [0.4, 0.5) is 8.78 Å². The zero-order valence-corrected chi connectivity index (χ0v) is 13.2. The van der Waals surface area contributed by atoms with Crippen molar-refractivity contribution >= 4 is 15.9 Å². The Kier molecular flexibility index (Phi) is 6.89. The highest BCUT2D eigenvalue weighted by molar-refractivity contribution is 9.10. The van der Waals surface area contributed by atoms with E-state index >= 15 is 0 Å². The van der Waals surface area contributed by atoms with Gasteiger partial charge in [-0.1, -0.05) is 13.8 Å². The summed E-state index contributed by atoms with van der Waals surface area (Å²) in [5.74, 6) is -0.407. The van der Waals surface area contributed by atoms with E-state index < -0.39 is 11.6 Å². The Bertz CT molecular complexity index is 411. The van der Waals surface area contributed by atoms with Gasteiger partial charge in [-0.3, -0.25) is 0 Å². The fourth-order valence-corrected chi connectivity index (χ4v) is 2.10. The quantitative estimate of drug-likeness (QED) is 0.607. The highest BCUT2D eigenvalue weighted by Gasteiger charge is 2.13. The van der Waals surface area contributed by atoms with Gasteiger partial charge in [-0.05, 0) is 47.6 Å². The molecule has 0 unspecified atom stereocenters. The molecular weight excluding hydrogens is 314 g/mol. The summed E-state index contributed by atoms with van der Waals surface area (Å²) in [4.78, 5) is 1.90. The number of nitrogens with one attached hydrogen (secondary N) is 1. The van der Waals surface area contributed by atoms with Crippen molar-refractivity contribution in [2.24, 2.45) is 5.92 Å². The van der Waals surface area contributed by atoms with Crippen LogP contribution in [-0.2, 0) is 6.54 Å². The van der Waals surface area contributed by atoms with Crippen LogP contribution in [0.1, 0.15) is 19.4 Å². The van der Waals surface area contributed by atoms with Crippen LogP contribution in [-0.4, -0.2) is 31.6 Å². The van der Waals surface area contributed by atoms with Crippen molar-refractivity contribution in [1.29, 1.82) is 0 Å². The number of hydrogen-bond donors (Lipinski definition) is 1. The molecule has 1 rings (SSSR count). The largest absolute Gasteiger partial charge is 0.315 e. The third-order valence-corrected chi connectivity index (χ3v) is 3.40. The Morgan fingerprint density at radius 2 is 2.00 bits per heavy atom. The Labute approximate surface area is 122 Å². The minimum Gasteiger partial charge on any atom is -0.315 e. The molecule has 0 aliphatic carbocycles. The summed E-state index contributed by atoms with van der Waals surface area (Å²) in [6.07, 6.45) is 0. The number of rotatable bonds is 7.